The molecule has 7 nitrogen and oxygen atoms in total. The zero-order valence-corrected chi connectivity index (χ0v) is 16.1. The molecule has 0 spiro atoms. The molecule has 3 aromatic heterocycles. The summed E-state index contributed by atoms with van der Waals surface area (Å²) in [6.45, 7) is 3.54. The molecule has 0 amide bonds. The fraction of sp³-hybridized carbons (Fsp3) is 0.600. The lowest BCUT2D eigenvalue weighted by Crippen LogP contribution is -2.29. The minimum absolute atomic E-state index is 0.0788. The van der Waals surface area contributed by atoms with Crippen molar-refractivity contribution in [1.29, 1.82) is 0 Å². The molecule has 0 radical (unpaired) electrons. The van der Waals surface area contributed by atoms with Crippen molar-refractivity contribution in [1.82, 2.24) is 24.7 Å². The normalized spacial score (nSPS) is 30.5. The van der Waals surface area contributed by atoms with Crippen LogP contribution in [0, 0.1) is 6.92 Å². The maximum Gasteiger partial charge on any atom is 0.262 e. The van der Waals surface area contributed by atoms with Crippen LogP contribution in [0.5, 0.6) is 0 Å². The molecule has 3 aromatic rings. The van der Waals surface area contributed by atoms with E-state index in [-0.39, 0.29) is 23.4 Å². The molecule has 2 aliphatic rings. The zero-order valence-electron chi connectivity index (χ0n) is 16.1. The molecular weight excluding hydrogens is 361 g/mol. The molecule has 0 aliphatic heterocycles. The number of halogens is 1. The number of hydrogen-bond donors (Lipinski definition) is 1. The predicted octanol–water partition coefficient (Wildman–Crippen LogP) is 3.92. The molecular formula is C20H24FN5O2. The number of nitrogens with one attached hydrogen (secondary N) is 1. The van der Waals surface area contributed by atoms with Gasteiger partial charge in [-0.2, -0.15) is 5.10 Å². The Balaban J connectivity index is 1.49. The van der Waals surface area contributed by atoms with Gasteiger partial charge in [0.05, 0.1) is 18.4 Å². The zero-order chi connectivity index (χ0) is 19.5. The van der Waals surface area contributed by atoms with E-state index in [0.29, 0.717) is 48.4 Å². The second kappa shape index (κ2) is 6.25. The van der Waals surface area contributed by atoms with Gasteiger partial charge in [-0.25, -0.2) is 19.0 Å². The summed E-state index contributed by atoms with van der Waals surface area (Å²) in [5.41, 5.74) is -0.685. The van der Waals surface area contributed by atoms with Crippen molar-refractivity contribution < 1.29 is 8.81 Å². The number of hydrogen-bond acceptors (Lipinski definition) is 5. The topological polar surface area (TPSA) is 89.6 Å². The average molecular weight is 385 g/mol. The molecule has 8 heteroatoms. The van der Waals surface area contributed by atoms with E-state index in [1.807, 2.05) is 11.6 Å². The van der Waals surface area contributed by atoms with Crippen LogP contribution in [0.2, 0.25) is 0 Å². The number of aromatic nitrogens is 5. The lowest BCUT2D eigenvalue weighted by atomic mass is 9.73. The van der Waals surface area contributed by atoms with Crippen molar-refractivity contribution in [2.24, 2.45) is 0 Å². The molecule has 1 N–H and O–H groups in total. The van der Waals surface area contributed by atoms with Gasteiger partial charge >= 0.3 is 0 Å². The van der Waals surface area contributed by atoms with E-state index >= 15 is 0 Å². The van der Waals surface area contributed by atoms with Crippen LogP contribution in [0.3, 0.4) is 0 Å². The number of rotatable bonds is 3. The molecule has 2 saturated carbocycles. The van der Waals surface area contributed by atoms with Gasteiger partial charge in [0.25, 0.3) is 5.56 Å². The third-order valence-corrected chi connectivity index (χ3v) is 6.41. The van der Waals surface area contributed by atoms with E-state index in [9.17, 15) is 9.18 Å². The Morgan fingerprint density at radius 1 is 1.21 bits per heavy atom. The quantitative estimate of drug-likeness (QED) is 0.738. The van der Waals surface area contributed by atoms with Crippen LogP contribution in [0.25, 0.3) is 11.0 Å². The summed E-state index contributed by atoms with van der Waals surface area (Å²) < 4.78 is 21.7. The first-order chi connectivity index (χ1) is 13.4. The Hall–Kier alpha value is -2.51. The fourth-order valence-electron chi connectivity index (χ4n) is 4.51. The summed E-state index contributed by atoms with van der Waals surface area (Å²) in [7, 11) is 0. The molecule has 28 heavy (non-hydrogen) atoms. The fourth-order valence-corrected chi connectivity index (χ4v) is 4.51. The smallest absolute Gasteiger partial charge is 0.262 e. The monoisotopic (exact) mass is 385 g/mol. The van der Waals surface area contributed by atoms with Crippen LogP contribution >= 0.6 is 0 Å². The highest BCUT2D eigenvalue weighted by Gasteiger charge is 2.39. The first-order valence-electron chi connectivity index (χ1n) is 10.00. The van der Waals surface area contributed by atoms with Crippen LogP contribution < -0.4 is 5.56 Å². The highest BCUT2D eigenvalue weighted by molar-refractivity contribution is 5.73. The van der Waals surface area contributed by atoms with Crippen LogP contribution in [-0.2, 0) is 0 Å². The molecule has 2 atom stereocenters. The highest BCUT2D eigenvalue weighted by Crippen LogP contribution is 2.47. The van der Waals surface area contributed by atoms with Crippen molar-refractivity contribution in [2.75, 3.05) is 0 Å². The molecule has 0 saturated heterocycles. The molecule has 3 heterocycles. The van der Waals surface area contributed by atoms with Gasteiger partial charge in [0.15, 0.2) is 11.5 Å². The van der Waals surface area contributed by atoms with E-state index in [2.05, 4.69) is 15.1 Å². The molecule has 0 aromatic carbocycles. The number of fused-ring (bicyclic) bond motifs is 1. The van der Waals surface area contributed by atoms with Gasteiger partial charge in [0.2, 0.25) is 0 Å². The van der Waals surface area contributed by atoms with Crippen molar-refractivity contribution in [3.8, 4) is 0 Å². The van der Waals surface area contributed by atoms with Crippen molar-refractivity contribution >= 4 is 11.0 Å². The second-order valence-electron chi connectivity index (χ2n) is 8.52. The highest BCUT2D eigenvalue weighted by atomic mass is 19.1. The SMILES string of the molecule is Cc1cnc([C@H]2CC[C@@H]2c2nc3c(cnn3C3CCC(C)(F)CC3)c(=O)[nH]2)o1. The first-order valence-corrected chi connectivity index (χ1v) is 10.00. The Bertz CT molecular complexity index is 1070. The third-order valence-electron chi connectivity index (χ3n) is 6.41. The van der Waals surface area contributed by atoms with Gasteiger partial charge in [-0.15, -0.1) is 0 Å². The van der Waals surface area contributed by atoms with Crippen LogP contribution in [0.15, 0.2) is 21.6 Å². The van der Waals surface area contributed by atoms with E-state index in [1.54, 1.807) is 19.3 Å². The predicted molar refractivity (Wildman–Crippen MR) is 101 cm³/mol. The largest absolute Gasteiger partial charge is 0.446 e. The summed E-state index contributed by atoms with van der Waals surface area (Å²) in [5.74, 6) is 2.37. The van der Waals surface area contributed by atoms with Crippen molar-refractivity contribution in [2.45, 2.75) is 75.9 Å². The average Bonchev–Trinajstić information content (AvgIpc) is 3.21. The van der Waals surface area contributed by atoms with Gasteiger partial charge in [-0.1, -0.05) is 0 Å². The lowest BCUT2D eigenvalue weighted by molar-refractivity contribution is 0.103. The second-order valence-corrected chi connectivity index (χ2v) is 8.52. The van der Waals surface area contributed by atoms with Gasteiger partial charge in [-0.05, 0) is 52.4 Å². The number of nitrogens with zero attached hydrogens (tertiary/aromatic N) is 4. The van der Waals surface area contributed by atoms with Crippen LogP contribution in [-0.4, -0.2) is 30.4 Å². The summed E-state index contributed by atoms with van der Waals surface area (Å²) in [5, 5.41) is 4.92. The van der Waals surface area contributed by atoms with Crippen molar-refractivity contribution in [3.05, 3.63) is 40.2 Å². The van der Waals surface area contributed by atoms with E-state index in [4.69, 9.17) is 9.40 Å². The molecule has 0 unspecified atom stereocenters. The molecule has 0 bridgehead atoms. The first kappa shape index (κ1) is 17.6. The molecule has 148 valence electrons. The number of oxazole rings is 1. The summed E-state index contributed by atoms with van der Waals surface area (Å²) in [4.78, 5) is 24.7. The Morgan fingerprint density at radius 3 is 2.61 bits per heavy atom. The molecule has 5 rings (SSSR count). The molecule has 2 aliphatic carbocycles. The summed E-state index contributed by atoms with van der Waals surface area (Å²) in [6.07, 6.45) is 7.60. The Labute approximate surface area is 161 Å². The Morgan fingerprint density at radius 2 is 1.96 bits per heavy atom. The summed E-state index contributed by atoms with van der Waals surface area (Å²) >= 11 is 0. The number of alkyl halides is 1. The van der Waals surface area contributed by atoms with Crippen LogP contribution in [0.1, 0.15) is 80.8 Å². The van der Waals surface area contributed by atoms with Gasteiger partial charge in [-0.3, -0.25) is 4.79 Å². The van der Waals surface area contributed by atoms with Gasteiger partial charge in [0, 0.05) is 11.8 Å². The number of H-pyrrole nitrogens is 1. The van der Waals surface area contributed by atoms with Crippen LogP contribution in [0.4, 0.5) is 4.39 Å². The molecule has 2 fully saturated rings. The van der Waals surface area contributed by atoms with E-state index in [1.165, 1.54) is 0 Å². The van der Waals surface area contributed by atoms with Gasteiger partial charge < -0.3 is 9.40 Å². The lowest BCUT2D eigenvalue weighted by Gasteiger charge is -2.33. The number of aromatic amines is 1. The minimum Gasteiger partial charge on any atom is -0.446 e. The maximum atomic E-state index is 14.2. The maximum absolute atomic E-state index is 14.2. The standard InChI is InChI=1S/C20H24FN5O2/c1-11-9-22-19(28-11)14-4-3-13(14)16-24-17-15(18(27)25-16)10-23-26(17)12-5-7-20(2,21)8-6-12/h9-10,12-14H,3-8H2,1-2H3,(H,24,25,27)/t12?,13-,14-,20?/m0/s1. The minimum atomic E-state index is -1.11. The van der Waals surface area contributed by atoms with E-state index in [0.717, 1.165) is 18.6 Å². The van der Waals surface area contributed by atoms with Crippen molar-refractivity contribution in [3.63, 3.8) is 0 Å². The Kier molecular flexibility index (Phi) is 3.93. The number of aryl methyl sites for hydroxylation is 1. The summed E-state index contributed by atoms with van der Waals surface area (Å²) in [6, 6.07) is 0.0788. The van der Waals surface area contributed by atoms with Gasteiger partial charge in [0.1, 0.15) is 22.6 Å². The third kappa shape index (κ3) is 2.86. The van der Waals surface area contributed by atoms with E-state index < -0.39 is 5.67 Å².